The van der Waals surface area contributed by atoms with Gasteiger partial charge in [-0.2, -0.15) is 5.10 Å². The summed E-state index contributed by atoms with van der Waals surface area (Å²) in [5.41, 5.74) is 0.583. The van der Waals surface area contributed by atoms with E-state index < -0.39 is 0 Å². The average molecular weight is 276 g/mol. The minimum atomic E-state index is -0.157. The zero-order chi connectivity index (χ0) is 13.7. The maximum absolute atomic E-state index is 12.2. The summed E-state index contributed by atoms with van der Waals surface area (Å²) in [6.45, 7) is 2.85. The van der Waals surface area contributed by atoms with Gasteiger partial charge in [0.15, 0.2) is 0 Å². The van der Waals surface area contributed by atoms with E-state index in [4.69, 9.17) is 0 Å². The zero-order valence-corrected chi connectivity index (χ0v) is 11.8. The second kappa shape index (κ2) is 6.38. The lowest BCUT2D eigenvalue weighted by Crippen LogP contribution is -2.17. The molecule has 1 N–H and O–H groups in total. The van der Waals surface area contributed by atoms with E-state index in [-0.39, 0.29) is 5.91 Å². The van der Waals surface area contributed by atoms with Gasteiger partial charge in [0, 0.05) is 18.8 Å². The number of aryl methyl sites for hydroxylation is 1. The summed E-state index contributed by atoms with van der Waals surface area (Å²) in [6.07, 6.45) is 6.24. The Bertz CT molecular complexity index is 567. The first kappa shape index (κ1) is 13.6. The van der Waals surface area contributed by atoms with E-state index in [1.165, 1.54) is 11.8 Å². The van der Waals surface area contributed by atoms with Crippen molar-refractivity contribution < 1.29 is 4.79 Å². The normalized spacial score (nSPS) is 10.4. The number of hydrogen-bond donors (Lipinski definition) is 1. The van der Waals surface area contributed by atoms with Crippen LogP contribution in [0.3, 0.4) is 0 Å². The van der Waals surface area contributed by atoms with Gasteiger partial charge in [-0.25, -0.2) is 9.67 Å². The average Bonchev–Trinajstić information content (AvgIpc) is 2.86. The molecule has 2 heterocycles. The van der Waals surface area contributed by atoms with Crippen LogP contribution in [0.2, 0.25) is 0 Å². The van der Waals surface area contributed by atoms with Gasteiger partial charge in [0.25, 0.3) is 5.91 Å². The van der Waals surface area contributed by atoms with E-state index in [1.54, 1.807) is 35.3 Å². The van der Waals surface area contributed by atoms with E-state index in [9.17, 15) is 4.79 Å². The number of pyridine rings is 1. The van der Waals surface area contributed by atoms with Crippen molar-refractivity contribution >= 4 is 23.5 Å². The fraction of sp³-hybridized carbons (Fsp3) is 0.308. The third-order valence-corrected chi connectivity index (χ3v) is 3.31. The highest BCUT2D eigenvalue weighted by molar-refractivity contribution is 7.98. The van der Waals surface area contributed by atoms with Gasteiger partial charge in [-0.3, -0.25) is 4.79 Å². The number of amides is 1. The Morgan fingerprint density at radius 2 is 2.26 bits per heavy atom. The quantitative estimate of drug-likeness (QED) is 0.853. The molecule has 100 valence electrons. The number of carbonyl (C=O) groups excluding carboxylic acids is 1. The molecule has 0 aliphatic heterocycles. The summed E-state index contributed by atoms with van der Waals surface area (Å²) in [4.78, 5) is 16.4. The molecule has 0 saturated carbocycles. The molecule has 0 aromatic carbocycles. The molecule has 2 aromatic rings. The van der Waals surface area contributed by atoms with Crippen molar-refractivity contribution in [2.75, 3.05) is 11.6 Å². The van der Waals surface area contributed by atoms with E-state index in [2.05, 4.69) is 22.3 Å². The smallest absolute Gasteiger partial charge is 0.259 e. The van der Waals surface area contributed by atoms with Crippen LogP contribution in [0.4, 0.5) is 5.82 Å². The van der Waals surface area contributed by atoms with Crippen molar-refractivity contribution in [2.45, 2.75) is 24.9 Å². The van der Waals surface area contributed by atoms with Crippen LogP contribution in [0.15, 0.2) is 35.6 Å². The first-order valence-electron chi connectivity index (χ1n) is 6.08. The monoisotopic (exact) mass is 276 g/mol. The summed E-state index contributed by atoms with van der Waals surface area (Å²) in [6, 6.07) is 5.33. The number of aromatic nitrogens is 3. The molecule has 0 bridgehead atoms. The van der Waals surface area contributed by atoms with Gasteiger partial charge in [-0.1, -0.05) is 6.92 Å². The number of rotatable bonds is 5. The van der Waals surface area contributed by atoms with Crippen LogP contribution >= 0.6 is 11.8 Å². The highest BCUT2D eigenvalue weighted by Crippen LogP contribution is 2.18. The van der Waals surface area contributed by atoms with Crippen LogP contribution < -0.4 is 5.32 Å². The molecule has 19 heavy (non-hydrogen) atoms. The van der Waals surface area contributed by atoms with Crippen LogP contribution in [0.25, 0.3) is 0 Å². The van der Waals surface area contributed by atoms with Gasteiger partial charge in [-0.05, 0) is 24.8 Å². The molecule has 1 amide bonds. The largest absolute Gasteiger partial charge is 0.307 e. The van der Waals surface area contributed by atoms with E-state index >= 15 is 0 Å². The van der Waals surface area contributed by atoms with Crippen molar-refractivity contribution in [2.24, 2.45) is 0 Å². The molecular weight excluding hydrogens is 260 g/mol. The van der Waals surface area contributed by atoms with E-state index in [0.717, 1.165) is 18.0 Å². The number of carbonyl (C=O) groups is 1. The van der Waals surface area contributed by atoms with Crippen LogP contribution in [0.1, 0.15) is 23.7 Å². The first-order valence-corrected chi connectivity index (χ1v) is 7.31. The molecular formula is C13H16N4OS. The molecule has 0 aliphatic rings. The minimum Gasteiger partial charge on any atom is -0.307 e. The van der Waals surface area contributed by atoms with Gasteiger partial charge in [0.2, 0.25) is 0 Å². The minimum absolute atomic E-state index is 0.157. The third kappa shape index (κ3) is 3.14. The molecule has 0 radical (unpaired) electrons. The van der Waals surface area contributed by atoms with Crippen molar-refractivity contribution in [1.82, 2.24) is 14.8 Å². The van der Waals surface area contributed by atoms with Gasteiger partial charge >= 0.3 is 0 Å². The summed E-state index contributed by atoms with van der Waals surface area (Å²) in [5, 5.41) is 7.77. The number of nitrogens with one attached hydrogen (secondary N) is 1. The molecule has 0 unspecified atom stereocenters. The van der Waals surface area contributed by atoms with Gasteiger partial charge in [0.05, 0.1) is 11.8 Å². The van der Waals surface area contributed by atoms with Gasteiger partial charge in [-0.15, -0.1) is 11.8 Å². The topological polar surface area (TPSA) is 59.8 Å². The summed E-state index contributed by atoms with van der Waals surface area (Å²) in [7, 11) is 0. The maximum atomic E-state index is 12.2. The second-order valence-electron chi connectivity index (χ2n) is 3.95. The number of anilines is 1. The zero-order valence-electron chi connectivity index (χ0n) is 11.0. The van der Waals surface area contributed by atoms with Crippen LogP contribution in [-0.2, 0) is 6.54 Å². The lowest BCUT2D eigenvalue weighted by molar-refractivity contribution is 0.102. The van der Waals surface area contributed by atoms with Crippen LogP contribution in [0.5, 0.6) is 0 Å². The maximum Gasteiger partial charge on any atom is 0.259 e. The molecule has 0 atom stereocenters. The Hall–Kier alpha value is -1.82. The molecule has 0 fully saturated rings. The number of thioether (sulfide) groups is 1. The Labute approximate surface area is 116 Å². The number of nitrogens with zero attached hydrogens (tertiary/aromatic N) is 3. The summed E-state index contributed by atoms with van der Waals surface area (Å²) >= 11 is 1.46. The molecule has 5 nitrogen and oxygen atoms in total. The Balaban J connectivity index is 2.18. The lowest BCUT2D eigenvalue weighted by atomic mass is 10.2. The van der Waals surface area contributed by atoms with Crippen molar-refractivity contribution in [1.29, 1.82) is 0 Å². The van der Waals surface area contributed by atoms with E-state index in [1.807, 2.05) is 6.26 Å². The second-order valence-corrected chi connectivity index (χ2v) is 4.75. The Morgan fingerprint density at radius 3 is 3.00 bits per heavy atom. The van der Waals surface area contributed by atoms with Crippen molar-refractivity contribution in [3.8, 4) is 0 Å². The van der Waals surface area contributed by atoms with Gasteiger partial charge < -0.3 is 5.32 Å². The highest BCUT2D eigenvalue weighted by atomic mass is 32.2. The Morgan fingerprint density at radius 1 is 1.42 bits per heavy atom. The van der Waals surface area contributed by atoms with Crippen LogP contribution in [-0.4, -0.2) is 26.9 Å². The predicted octanol–water partition coefficient (Wildman–Crippen LogP) is 2.66. The molecule has 2 aromatic heterocycles. The fourth-order valence-electron chi connectivity index (χ4n) is 1.74. The molecule has 0 saturated heterocycles. The van der Waals surface area contributed by atoms with Crippen molar-refractivity contribution in [3.05, 3.63) is 36.2 Å². The lowest BCUT2D eigenvalue weighted by Gasteiger charge is -2.09. The van der Waals surface area contributed by atoms with Crippen LogP contribution in [0, 0.1) is 0 Å². The molecule has 6 heteroatoms. The molecule has 0 aliphatic carbocycles. The SMILES string of the molecule is CCCn1nccc1NC(=O)c1cccnc1SC. The molecule has 2 rings (SSSR count). The third-order valence-electron chi connectivity index (χ3n) is 2.60. The predicted molar refractivity (Wildman–Crippen MR) is 76.5 cm³/mol. The summed E-state index contributed by atoms with van der Waals surface area (Å²) in [5.74, 6) is 0.554. The summed E-state index contributed by atoms with van der Waals surface area (Å²) < 4.78 is 1.78. The number of hydrogen-bond acceptors (Lipinski definition) is 4. The van der Waals surface area contributed by atoms with Crippen molar-refractivity contribution in [3.63, 3.8) is 0 Å². The standard InChI is InChI=1S/C13H16N4OS/c1-3-9-17-11(6-8-15-17)16-12(18)10-5-4-7-14-13(10)19-2/h4-8H,3,9H2,1-2H3,(H,16,18). The van der Waals surface area contributed by atoms with E-state index in [0.29, 0.717) is 11.4 Å². The first-order chi connectivity index (χ1) is 9.26. The van der Waals surface area contributed by atoms with Gasteiger partial charge in [0.1, 0.15) is 10.8 Å². The fourth-order valence-corrected chi connectivity index (χ4v) is 2.29. The Kier molecular flexibility index (Phi) is 4.57. The molecule has 0 spiro atoms. The highest BCUT2D eigenvalue weighted by Gasteiger charge is 2.13.